The molecule has 0 aliphatic carbocycles. The Bertz CT molecular complexity index is 87.0. The highest BCUT2D eigenvalue weighted by Gasteiger charge is 1.98. The molecule has 0 bridgehead atoms. The molecule has 1 heterocycles. The fourth-order valence-corrected chi connectivity index (χ4v) is 0.775. The van der Waals surface area contributed by atoms with Gasteiger partial charge in [-0.25, -0.2) is 4.21 Å². The lowest BCUT2D eigenvalue weighted by atomic mass is 10.7. The van der Waals surface area contributed by atoms with Gasteiger partial charge < -0.3 is 4.18 Å². The van der Waals surface area contributed by atoms with Crippen LogP contribution >= 0.6 is 0 Å². The predicted octanol–water partition coefficient (Wildman–Crippen LogP) is 0.194. The van der Waals surface area contributed by atoms with Crippen LogP contribution in [0.4, 0.5) is 0 Å². The summed E-state index contributed by atoms with van der Waals surface area (Å²) in [5.74, 6) is 0.556. The van der Waals surface area contributed by atoms with Crippen molar-refractivity contribution in [2.75, 3.05) is 5.75 Å². The lowest BCUT2D eigenvalue weighted by Gasteiger charge is -1.80. The highest BCUT2D eigenvalue weighted by atomic mass is 32.2. The van der Waals surface area contributed by atoms with Gasteiger partial charge in [0.2, 0.25) is 11.1 Å². The van der Waals surface area contributed by atoms with E-state index in [4.69, 9.17) is 0 Å². The van der Waals surface area contributed by atoms with Crippen LogP contribution in [0.25, 0.3) is 0 Å². The van der Waals surface area contributed by atoms with E-state index in [2.05, 4.69) is 4.18 Å². The van der Waals surface area contributed by atoms with Gasteiger partial charge in [0, 0.05) is 0 Å². The van der Waals surface area contributed by atoms with Gasteiger partial charge in [-0.1, -0.05) is 0 Å². The van der Waals surface area contributed by atoms with Crippen molar-refractivity contribution >= 4 is 11.1 Å². The zero-order chi connectivity index (χ0) is 4.41. The Morgan fingerprint density at radius 2 is 2.67 bits per heavy atom. The second kappa shape index (κ2) is 1.43. The lowest BCUT2D eigenvalue weighted by molar-refractivity contribution is 0.520. The molecule has 0 saturated heterocycles. The van der Waals surface area contributed by atoms with E-state index in [0.717, 1.165) is 0 Å². The Morgan fingerprint density at radius 3 is 2.83 bits per heavy atom. The molecule has 0 aromatic rings. The highest BCUT2D eigenvalue weighted by Crippen LogP contribution is 1.95. The van der Waals surface area contributed by atoms with Gasteiger partial charge in [-0.2, -0.15) is 0 Å². The Morgan fingerprint density at radius 1 is 1.83 bits per heavy atom. The Labute approximate surface area is 38.5 Å². The van der Waals surface area contributed by atoms with Crippen LogP contribution in [0.2, 0.25) is 0 Å². The van der Waals surface area contributed by atoms with Gasteiger partial charge in [0.05, 0.1) is 5.75 Å². The first-order valence-electron chi connectivity index (χ1n) is 1.60. The standard InChI is InChI=1S/C3H4O2S/c4-6-3-1-2-5-6/h1-2H,3H2. The fraction of sp³-hybridized carbons (Fsp3) is 0.333. The van der Waals surface area contributed by atoms with Crippen LogP contribution in [0.5, 0.6) is 0 Å². The molecule has 0 amide bonds. The molecule has 1 aliphatic rings. The summed E-state index contributed by atoms with van der Waals surface area (Å²) in [5.41, 5.74) is 0. The van der Waals surface area contributed by atoms with E-state index in [9.17, 15) is 4.21 Å². The molecule has 0 aromatic heterocycles. The molecule has 3 heteroatoms. The van der Waals surface area contributed by atoms with Crippen LogP contribution in [0.15, 0.2) is 12.3 Å². The molecule has 1 unspecified atom stereocenters. The molecule has 0 aromatic carbocycles. The van der Waals surface area contributed by atoms with Crippen molar-refractivity contribution in [2.24, 2.45) is 0 Å². The van der Waals surface area contributed by atoms with Crippen molar-refractivity contribution in [3.63, 3.8) is 0 Å². The van der Waals surface area contributed by atoms with E-state index in [1.807, 2.05) is 0 Å². The second-order valence-electron chi connectivity index (χ2n) is 0.938. The van der Waals surface area contributed by atoms with Crippen LogP contribution in [0.1, 0.15) is 0 Å². The van der Waals surface area contributed by atoms with Gasteiger partial charge in [0.15, 0.2) is 0 Å². The summed E-state index contributed by atoms with van der Waals surface area (Å²) in [4.78, 5) is 0. The molecule has 34 valence electrons. The minimum Gasteiger partial charge on any atom is -0.409 e. The van der Waals surface area contributed by atoms with E-state index in [0.29, 0.717) is 5.75 Å². The Hall–Kier alpha value is -0.310. The minimum absolute atomic E-state index is 0.556. The topological polar surface area (TPSA) is 26.3 Å². The second-order valence-corrected chi connectivity index (χ2v) is 2.07. The van der Waals surface area contributed by atoms with Crippen molar-refractivity contribution in [3.8, 4) is 0 Å². The van der Waals surface area contributed by atoms with Crippen molar-refractivity contribution < 1.29 is 8.39 Å². The molecule has 6 heavy (non-hydrogen) atoms. The van der Waals surface area contributed by atoms with Gasteiger partial charge in [0.25, 0.3) is 0 Å². The van der Waals surface area contributed by atoms with E-state index >= 15 is 0 Å². The molecular formula is C3H4O2S. The van der Waals surface area contributed by atoms with Crippen LogP contribution in [-0.2, 0) is 15.3 Å². The monoisotopic (exact) mass is 104 g/mol. The zero-order valence-electron chi connectivity index (χ0n) is 3.09. The molecule has 1 aliphatic heterocycles. The third kappa shape index (κ3) is 0.597. The first-order chi connectivity index (χ1) is 2.89. The number of rotatable bonds is 0. The van der Waals surface area contributed by atoms with Gasteiger partial charge >= 0.3 is 0 Å². The molecule has 0 fully saturated rings. The third-order valence-electron chi connectivity index (χ3n) is 0.491. The minimum atomic E-state index is -1.03. The summed E-state index contributed by atoms with van der Waals surface area (Å²) < 4.78 is 14.5. The van der Waals surface area contributed by atoms with E-state index in [-0.39, 0.29) is 0 Å². The van der Waals surface area contributed by atoms with Crippen molar-refractivity contribution in [1.82, 2.24) is 0 Å². The van der Waals surface area contributed by atoms with E-state index in [1.165, 1.54) is 6.26 Å². The molecule has 0 saturated carbocycles. The summed E-state index contributed by atoms with van der Waals surface area (Å²) in [5, 5.41) is 0. The van der Waals surface area contributed by atoms with Crippen LogP contribution in [-0.4, -0.2) is 9.96 Å². The molecule has 1 atom stereocenters. The average Bonchev–Trinajstić information content (AvgIpc) is 1.86. The summed E-state index contributed by atoms with van der Waals surface area (Å²) in [6.07, 6.45) is 3.19. The largest absolute Gasteiger partial charge is 0.409 e. The summed E-state index contributed by atoms with van der Waals surface area (Å²) in [6, 6.07) is 0. The third-order valence-corrected chi connectivity index (χ3v) is 1.28. The van der Waals surface area contributed by atoms with Crippen LogP contribution in [0, 0.1) is 0 Å². The summed E-state index contributed by atoms with van der Waals surface area (Å²) in [7, 11) is 0. The molecule has 0 radical (unpaired) electrons. The summed E-state index contributed by atoms with van der Waals surface area (Å²) in [6.45, 7) is 0. The SMILES string of the molecule is O=S1CC=CO1. The van der Waals surface area contributed by atoms with Crippen molar-refractivity contribution in [3.05, 3.63) is 12.3 Å². The van der Waals surface area contributed by atoms with Gasteiger partial charge in [-0.05, 0) is 6.08 Å². The van der Waals surface area contributed by atoms with Gasteiger partial charge in [-0.3, -0.25) is 0 Å². The fourth-order valence-electron chi connectivity index (χ4n) is 0.258. The maximum Gasteiger partial charge on any atom is 0.209 e. The lowest BCUT2D eigenvalue weighted by Crippen LogP contribution is -1.84. The van der Waals surface area contributed by atoms with Crippen LogP contribution in [0.3, 0.4) is 0 Å². The zero-order valence-corrected chi connectivity index (χ0v) is 3.90. The number of hydrogen-bond acceptors (Lipinski definition) is 2. The van der Waals surface area contributed by atoms with Gasteiger partial charge in [0.1, 0.15) is 6.26 Å². The first-order valence-corrected chi connectivity index (χ1v) is 2.84. The van der Waals surface area contributed by atoms with E-state index < -0.39 is 11.1 Å². The maximum absolute atomic E-state index is 10.1. The quantitative estimate of drug-likeness (QED) is 0.438. The number of hydrogen-bond donors (Lipinski definition) is 0. The Kier molecular flexibility index (Phi) is 0.919. The van der Waals surface area contributed by atoms with Crippen molar-refractivity contribution in [1.29, 1.82) is 0 Å². The van der Waals surface area contributed by atoms with E-state index in [1.54, 1.807) is 6.08 Å². The van der Waals surface area contributed by atoms with Crippen LogP contribution < -0.4 is 0 Å². The van der Waals surface area contributed by atoms with Gasteiger partial charge in [-0.15, -0.1) is 0 Å². The maximum atomic E-state index is 10.1. The molecule has 2 nitrogen and oxygen atoms in total. The molecular weight excluding hydrogens is 100 g/mol. The normalized spacial score (nSPS) is 30.3. The molecule has 0 N–H and O–H groups in total. The first kappa shape index (κ1) is 3.87. The highest BCUT2D eigenvalue weighted by molar-refractivity contribution is 7.80. The average molecular weight is 104 g/mol. The molecule has 0 spiro atoms. The Balaban J connectivity index is 2.52. The smallest absolute Gasteiger partial charge is 0.209 e. The van der Waals surface area contributed by atoms with Crippen molar-refractivity contribution in [2.45, 2.75) is 0 Å². The molecule has 1 rings (SSSR count). The predicted molar refractivity (Wildman–Crippen MR) is 23.2 cm³/mol. The summed E-state index contributed by atoms with van der Waals surface area (Å²) >= 11 is -1.03.